The fourth-order valence-electron chi connectivity index (χ4n) is 2.95. The van der Waals surface area contributed by atoms with Crippen molar-refractivity contribution in [1.29, 1.82) is 0 Å². The van der Waals surface area contributed by atoms with Crippen molar-refractivity contribution in [2.45, 2.75) is 6.92 Å². The molecule has 4 rings (SSSR count). The third-order valence-corrected chi connectivity index (χ3v) is 5.23. The van der Waals surface area contributed by atoms with Gasteiger partial charge in [-0.05, 0) is 73.2 Å². The van der Waals surface area contributed by atoms with E-state index in [1.54, 1.807) is 35.0 Å². The molecule has 4 aromatic rings. The Morgan fingerprint density at radius 3 is 1.93 bits per heavy atom. The molecule has 2 nitrogen and oxygen atoms in total. The normalized spacial score (nSPS) is 11.0. The average Bonchev–Trinajstić information content (AvgIpc) is 3.02. The first-order valence-corrected chi connectivity index (χ1v) is 9.26. The van der Waals surface area contributed by atoms with E-state index >= 15 is 0 Å². The fourth-order valence-corrected chi connectivity index (χ4v) is 3.46. The van der Waals surface area contributed by atoms with E-state index in [4.69, 9.17) is 23.2 Å². The van der Waals surface area contributed by atoms with E-state index in [1.807, 2.05) is 19.1 Å². The van der Waals surface area contributed by atoms with Crippen LogP contribution in [-0.4, -0.2) is 9.78 Å². The number of nitrogens with zero attached hydrogens (tertiary/aromatic N) is 2. The molecule has 0 N–H and O–H groups in total. The van der Waals surface area contributed by atoms with Gasteiger partial charge in [0, 0.05) is 16.1 Å². The standard InChI is InChI=1S/C22H14Cl2F2N2/c1-13-2-11-18(12-19(13)23)28-22(15-5-9-17(26)10-6-15)20(24)21(27-28)14-3-7-16(25)8-4-14/h2-12H,1H3. The quantitative estimate of drug-likeness (QED) is 0.349. The summed E-state index contributed by atoms with van der Waals surface area (Å²) < 4.78 is 28.4. The van der Waals surface area contributed by atoms with Gasteiger partial charge in [0.1, 0.15) is 17.3 Å². The second-order valence-corrected chi connectivity index (χ2v) is 7.16. The minimum absolute atomic E-state index is 0.344. The van der Waals surface area contributed by atoms with E-state index in [2.05, 4.69) is 5.10 Å². The Hall–Kier alpha value is -2.69. The van der Waals surface area contributed by atoms with Crippen molar-refractivity contribution in [2.24, 2.45) is 0 Å². The number of hydrogen-bond donors (Lipinski definition) is 0. The van der Waals surface area contributed by atoms with Gasteiger partial charge in [0.05, 0.1) is 16.4 Å². The predicted molar refractivity (Wildman–Crippen MR) is 109 cm³/mol. The molecule has 3 aromatic carbocycles. The lowest BCUT2D eigenvalue weighted by molar-refractivity contribution is 0.627. The summed E-state index contributed by atoms with van der Waals surface area (Å²) in [6, 6.07) is 17.5. The molecular formula is C22H14Cl2F2N2. The van der Waals surface area contributed by atoms with Gasteiger partial charge in [-0.25, -0.2) is 13.5 Å². The Morgan fingerprint density at radius 2 is 1.36 bits per heavy atom. The summed E-state index contributed by atoms with van der Waals surface area (Å²) in [4.78, 5) is 0. The van der Waals surface area contributed by atoms with Crippen LogP contribution < -0.4 is 0 Å². The Bertz CT molecular complexity index is 1150. The molecule has 0 aliphatic rings. The molecular weight excluding hydrogens is 401 g/mol. The minimum Gasteiger partial charge on any atom is -0.231 e. The molecule has 0 unspecified atom stereocenters. The SMILES string of the molecule is Cc1ccc(-n2nc(-c3ccc(F)cc3)c(Cl)c2-c2ccc(F)cc2)cc1Cl. The third-order valence-electron chi connectivity index (χ3n) is 4.46. The van der Waals surface area contributed by atoms with Crippen molar-refractivity contribution in [1.82, 2.24) is 9.78 Å². The second kappa shape index (κ2) is 7.38. The molecule has 0 saturated heterocycles. The van der Waals surface area contributed by atoms with Gasteiger partial charge >= 0.3 is 0 Å². The summed E-state index contributed by atoms with van der Waals surface area (Å²) in [6.45, 7) is 1.91. The van der Waals surface area contributed by atoms with Crippen LogP contribution in [0.1, 0.15) is 5.56 Å². The Morgan fingerprint density at radius 1 is 0.786 bits per heavy atom. The number of rotatable bonds is 3. The van der Waals surface area contributed by atoms with Crippen LogP contribution >= 0.6 is 23.2 Å². The highest BCUT2D eigenvalue weighted by molar-refractivity contribution is 6.35. The first-order valence-electron chi connectivity index (χ1n) is 8.51. The summed E-state index contributed by atoms with van der Waals surface area (Å²) >= 11 is 13.0. The highest BCUT2D eigenvalue weighted by atomic mass is 35.5. The molecule has 6 heteroatoms. The lowest BCUT2D eigenvalue weighted by Crippen LogP contribution is -2.00. The maximum absolute atomic E-state index is 13.4. The molecule has 1 heterocycles. The van der Waals surface area contributed by atoms with Crippen molar-refractivity contribution in [3.8, 4) is 28.2 Å². The van der Waals surface area contributed by atoms with E-state index in [0.29, 0.717) is 38.2 Å². The Kier molecular flexibility index (Phi) is 4.92. The molecule has 0 aliphatic heterocycles. The number of aryl methyl sites for hydroxylation is 1. The molecule has 0 bridgehead atoms. The van der Waals surface area contributed by atoms with Gasteiger partial charge in [0.15, 0.2) is 0 Å². The van der Waals surface area contributed by atoms with Crippen molar-refractivity contribution >= 4 is 23.2 Å². The molecule has 0 amide bonds. The number of halogens is 4. The summed E-state index contributed by atoms with van der Waals surface area (Å²) in [5, 5.41) is 5.64. The molecule has 0 saturated carbocycles. The van der Waals surface area contributed by atoms with Crippen LogP contribution in [0.3, 0.4) is 0 Å². The Labute approximate surface area is 171 Å². The number of benzene rings is 3. The van der Waals surface area contributed by atoms with Crippen LogP contribution in [0.25, 0.3) is 28.2 Å². The van der Waals surface area contributed by atoms with Gasteiger partial charge < -0.3 is 0 Å². The largest absolute Gasteiger partial charge is 0.231 e. The van der Waals surface area contributed by atoms with Crippen molar-refractivity contribution in [3.05, 3.63) is 94.0 Å². The van der Waals surface area contributed by atoms with Crippen molar-refractivity contribution in [2.75, 3.05) is 0 Å². The van der Waals surface area contributed by atoms with Crippen LogP contribution in [0.5, 0.6) is 0 Å². The van der Waals surface area contributed by atoms with E-state index in [1.165, 1.54) is 24.3 Å². The molecule has 1 aromatic heterocycles. The predicted octanol–water partition coefficient (Wildman–Crippen LogP) is 7.10. The highest BCUT2D eigenvalue weighted by Crippen LogP contribution is 2.38. The van der Waals surface area contributed by atoms with Crippen LogP contribution in [0.2, 0.25) is 10.0 Å². The summed E-state index contributed by atoms with van der Waals surface area (Å²) in [6.07, 6.45) is 0. The monoisotopic (exact) mass is 414 g/mol. The number of hydrogen-bond acceptors (Lipinski definition) is 1. The smallest absolute Gasteiger partial charge is 0.123 e. The van der Waals surface area contributed by atoms with Crippen LogP contribution in [0.15, 0.2) is 66.7 Å². The van der Waals surface area contributed by atoms with Crippen LogP contribution in [0, 0.1) is 18.6 Å². The number of aromatic nitrogens is 2. The zero-order valence-corrected chi connectivity index (χ0v) is 16.3. The Balaban J connectivity index is 1.97. The molecule has 0 atom stereocenters. The van der Waals surface area contributed by atoms with E-state index < -0.39 is 0 Å². The van der Waals surface area contributed by atoms with Gasteiger partial charge in [-0.3, -0.25) is 0 Å². The fraction of sp³-hybridized carbons (Fsp3) is 0.0455. The van der Waals surface area contributed by atoms with Gasteiger partial charge in [-0.15, -0.1) is 0 Å². The van der Waals surface area contributed by atoms with Gasteiger partial charge in [-0.1, -0.05) is 29.3 Å². The molecule has 0 radical (unpaired) electrons. The van der Waals surface area contributed by atoms with Gasteiger partial charge in [0.2, 0.25) is 0 Å². The molecule has 140 valence electrons. The summed E-state index contributed by atoms with van der Waals surface area (Å²) in [7, 11) is 0. The second-order valence-electron chi connectivity index (χ2n) is 6.37. The highest BCUT2D eigenvalue weighted by Gasteiger charge is 2.20. The van der Waals surface area contributed by atoms with Crippen molar-refractivity contribution < 1.29 is 8.78 Å². The minimum atomic E-state index is -0.344. The average molecular weight is 415 g/mol. The topological polar surface area (TPSA) is 17.8 Å². The van der Waals surface area contributed by atoms with Gasteiger partial charge in [0.25, 0.3) is 0 Å². The van der Waals surface area contributed by atoms with Crippen LogP contribution in [0.4, 0.5) is 8.78 Å². The van der Waals surface area contributed by atoms with Gasteiger partial charge in [-0.2, -0.15) is 5.10 Å². The van der Waals surface area contributed by atoms with E-state index in [0.717, 1.165) is 5.56 Å². The molecule has 0 spiro atoms. The maximum Gasteiger partial charge on any atom is 0.123 e. The molecule has 0 aliphatic carbocycles. The zero-order valence-electron chi connectivity index (χ0n) is 14.8. The molecule has 28 heavy (non-hydrogen) atoms. The maximum atomic E-state index is 13.4. The van der Waals surface area contributed by atoms with Crippen molar-refractivity contribution in [3.63, 3.8) is 0 Å². The lowest BCUT2D eigenvalue weighted by atomic mass is 10.1. The van der Waals surface area contributed by atoms with Crippen LogP contribution in [-0.2, 0) is 0 Å². The first-order chi connectivity index (χ1) is 13.4. The summed E-state index contributed by atoms with van der Waals surface area (Å²) in [5.41, 5.74) is 4.12. The third kappa shape index (κ3) is 3.41. The molecule has 0 fully saturated rings. The van der Waals surface area contributed by atoms with E-state index in [-0.39, 0.29) is 11.6 Å². The lowest BCUT2D eigenvalue weighted by Gasteiger charge is -2.09. The first kappa shape index (κ1) is 18.7. The summed E-state index contributed by atoms with van der Waals surface area (Å²) in [5.74, 6) is -0.688. The zero-order chi connectivity index (χ0) is 19.8. The van der Waals surface area contributed by atoms with E-state index in [9.17, 15) is 8.78 Å².